The molecule has 0 saturated heterocycles. The summed E-state index contributed by atoms with van der Waals surface area (Å²) in [6.45, 7) is 0.488. The van der Waals surface area contributed by atoms with Gasteiger partial charge in [0.2, 0.25) is 0 Å². The van der Waals surface area contributed by atoms with Gasteiger partial charge >= 0.3 is 5.69 Å². The largest absolute Gasteiger partial charge is 0.497 e. The molecule has 21 heavy (non-hydrogen) atoms. The molecule has 1 aromatic carbocycles. The summed E-state index contributed by atoms with van der Waals surface area (Å²) in [5.74, 6) is 0.773. The number of ether oxygens (including phenoxy) is 1. The molecule has 0 atom stereocenters. The Kier molecular flexibility index (Phi) is 3.09. The first-order chi connectivity index (χ1) is 10.1. The van der Waals surface area contributed by atoms with Crippen LogP contribution in [0, 0.1) is 0 Å². The monoisotopic (exact) mass is 286 g/mol. The van der Waals surface area contributed by atoms with E-state index in [-0.39, 0.29) is 5.56 Å². The molecular formula is C14H14N4O3. The van der Waals surface area contributed by atoms with Crippen LogP contribution in [-0.4, -0.2) is 26.2 Å². The quantitative estimate of drug-likeness (QED) is 0.759. The number of nitrogens with one attached hydrogen (secondary N) is 1. The molecule has 1 N–H and O–H groups in total. The third-order valence-electron chi connectivity index (χ3n) is 3.39. The molecular weight excluding hydrogens is 272 g/mol. The van der Waals surface area contributed by atoms with Gasteiger partial charge in [0, 0.05) is 13.6 Å². The van der Waals surface area contributed by atoms with Crippen LogP contribution in [0.15, 0.2) is 40.2 Å². The SMILES string of the molecule is COc1ccc(Cn2cnc3[nH]c(=O)n(C)c(=O)c32)cc1. The van der Waals surface area contributed by atoms with Gasteiger partial charge in [-0.15, -0.1) is 0 Å². The highest BCUT2D eigenvalue weighted by atomic mass is 16.5. The van der Waals surface area contributed by atoms with Gasteiger partial charge in [-0.2, -0.15) is 0 Å². The molecule has 0 saturated carbocycles. The maximum absolute atomic E-state index is 12.2. The maximum Gasteiger partial charge on any atom is 0.329 e. The van der Waals surface area contributed by atoms with Crippen LogP contribution >= 0.6 is 0 Å². The number of aromatic nitrogens is 4. The number of benzene rings is 1. The summed E-state index contributed by atoms with van der Waals surface area (Å²) < 4.78 is 7.86. The minimum absolute atomic E-state index is 0.302. The van der Waals surface area contributed by atoms with Crippen molar-refractivity contribution in [2.24, 2.45) is 7.05 Å². The molecule has 0 spiro atoms. The Bertz CT molecular complexity index is 903. The van der Waals surface area contributed by atoms with E-state index in [1.807, 2.05) is 24.3 Å². The Morgan fingerprint density at radius 3 is 2.62 bits per heavy atom. The van der Waals surface area contributed by atoms with Crippen LogP contribution in [-0.2, 0) is 13.6 Å². The second-order valence-electron chi connectivity index (χ2n) is 4.71. The van der Waals surface area contributed by atoms with Gasteiger partial charge < -0.3 is 9.30 Å². The molecule has 0 amide bonds. The molecule has 0 bridgehead atoms. The third-order valence-corrected chi connectivity index (χ3v) is 3.39. The van der Waals surface area contributed by atoms with Crippen LogP contribution in [0.3, 0.4) is 0 Å². The number of imidazole rings is 1. The van der Waals surface area contributed by atoms with Crippen LogP contribution in [0.25, 0.3) is 11.2 Å². The van der Waals surface area contributed by atoms with Gasteiger partial charge in [-0.05, 0) is 17.7 Å². The lowest BCUT2D eigenvalue weighted by Gasteiger charge is -2.06. The minimum atomic E-state index is -0.470. The smallest absolute Gasteiger partial charge is 0.329 e. The predicted octanol–water partition coefficient (Wildman–Crippen LogP) is 0.480. The molecule has 7 heteroatoms. The zero-order valence-electron chi connectivity index (χ0n) is 11.7. The Labute approximate surface area is 119 Å². The fourth-order valence-electron chi connectivity index (χ4n) is 2.18. The van der Waals surface area contributed by atoms with Crippen molar-refractivity contribution in [3.8, 4) is 5.75 Å². The topological polar surface area (TPSA) is 81.9 Å². The minimum Gasteiger partial charge on any atom is -0.497 e. The molecule has 0 aliphatic rings. The number of fused-ring (bicyclic) bond motifs is 1. The van der Waals surface area contributed by atoms with E-state index in [1.165, 1.54) is 7.05 Å². The van der Waals surface area contributed by atoms with Crippen LogP contribution in [0.5, 0.6) is 5.75 Å². The molecule has 3 rings (SSSR count). The van der Waals surface area contributed by atoms with Crippen LogP contribution in [0.4, 0.5) is 0 Å². The first-order valence-corrected chi connectivity index (χ1v) is 6.37. The zero-order valence-corrected chi connectivity index (χ0v) is 11.7. The van der Waals surface area contributed by atoms with Crippen molar-refractivity contribution >= 4 is 11.2 Å². The van der Waals surface area contributed by atoms with Gasteiger partial charge in [-0.3, -0.25) is 14.3 Å². The van der Waals surface area contributed by atoms with Gasteiger partial charge in [-0.1, -0.05) is 12.1 Å². The molecule has 3 aromatic rings. The van der Waals surface area contributed by atoms with Crippen molar-refractivity contribution in [3.63, 3.8) is 0 Å². The Morgan fingerprint density at radius 2 is 1.95 bits per heavy atom. The number of aromatic amines is 1. The number of H-pyrrole nitrogens is 1. The van der Waals surface area contributed by atoms with Gasteiger partial charge in [-0.25, -0.2) is 9.78 Å². The molecule has 0 fully saturated rings. The molecule has 0 aliphatic heterocycles. The van der Waals surface area contributed by atoms with Crippen molar-refractivity contribution in [3.05, 3.63) is 57.0 Å². The van der Waals surface area contributed by atoms with Gasteiger partial charge in [0.15, 0.2) is 11.2 Å². The number of nitrogens with zero attached hydrogens (tertiary/aromatic N) is 3. The van der Waals surface area contributed by atoms with E-state index in [0.717, 1.165) is 15.9 Å². The summed E-state index contributed by atoms with van der Waals surface area (Å²) >= 11 is 0. The standard InChI is InChI=1S/C14H14N4O3/c1-17-13(19)11-12(16-14(17)20)15-8-18(11)7-9-3-5-10(21-2)6-4-9/h3-6,8H,7H2,1-2H3,(H,16,20). The molecule has 2 heterocycles. The lowest BCUT2D eigenvalue weighted by molar-refractivity contribution is 0.414. The van der Waals surface area contributed by atoms with E-state index in [9.17, 15) is 9.59 Å². The normalized spacial score (nSPS) is 11.0. The second-order valence-corrected chi connectivity index (χ2v) is 4.71. The first kappa shape index (κ1) is 13.2. The van der Waals surface area contributed by atoms with Crippen molar-refractivity contribution in [2.75, 3.05) is 7.11 Å². The first-order valence-electron chi connectivity index (χ1n) is 6.37. The number of hydrogen-bond acceptors (Lipinski definition) is 4. The molecule has 7 nitrogen and oxygen atoms in total. The van der Waals surface area contributed by atoms with Crippen LogP contribution in [0.1, 0.15) is 5.56 Å². The molecule has 0 unspecified atom stereocenters. The van der Waals surface area contributed by atoms with E-state index in [4.69, 9.17) is 4.74 Å². The summed E-state index contributed by atoms with van der Waals surface area (Å²) in [5, 5.41) is 0. The highest BCUT2D eigenvalue weighted by Crippen LogP contribution is 2.13. The fraction of sp³-hybridized carbons (Fsp3) is 0.214. The highest BCUT2D eigenvalue weighted by Gasteiger charge is 2.11. The van der Waals surface area contributed by atoms with Crippen LogP contribution in [0.2, 0.25) is 0 Å². The molecule has 0 aliphatic carbocycles. The Morgan fingerprint density at radius 1 is 1.24 bits per heavy atom. The number of hydrogen-bond donors (Lipinski definition) is 1. The summed E-state index contributed by atoms with van der Waals surface area (Å²) in [6, 6.07) is 7.55. The Hall–Kier alpha value is -2.83. The summed E-state index contributed by atoms with van der Waals surface area (Å²) in [4.78, 5) is 30.4. The molecule has 0 radical (unpaired) electrons. The van der Waals surface area contributed by atoms with Crippen molar-refractivity contribution < 1.29 is 4.74 Å². The van der Waals surface area contributed by atoms with E-state index < -0.39 is 5.69 Å². The second kappa shape index (κ2) is 4.93. The molecule has 108 valence electrons. The average molecular weight is 286 g/mol. The fourth-order valence-corrected chi connectivity index (χ4v) is 2.18. The summed E-state index contributed by atoms with van der Waals surface area (Å²) in [7, 11) is 3.05. The van der Waals surface area contributed by atoms with Crippen molar-refractivity contribution in [1.82, 2.24) is 19.1 Å². The van der Waals surface area contributed by atoms with E-state index in [0.29, 0.717) is 17.7 Å². The van der Waals surface area contributed by atoms with Gasteiger partial charge in [0.05, 0.1) is 13.4 Å². The number of rotatable bonds is 3. The molecule has 2 aromatic heterocycles. The third kappa shape index (κ3) is 2.22. The van der Waals surface area contributed by atoms with E-state index >= 15 is 0 Å². The van der Waals surface area contributed by atoms with E-state index in [1.54, 1.807) is 18.0 Å². The summed E-state index contributed by atoms with van der Waals surface area (Å²) in [5.41, 5.74) is 0.856. The van der Waals surface area contributed by atoms with E-state index in [2.05, 4.69) is 9.97 Å². The van der Waals surface area contributed by atoms with Crippen molar-refractivity contribution in [2.45, 2.75) is 6.54 Å². The van der Waals surface area contributed by atoms with Gasteiger partial charge in [0.1, 0.15) is 5.75 Å². The lowest BCUT2D eigenvalue weighted by atomic mass is 10.2. The van der Waals surface area contributed by atoms with Gasteiger partial charge in [0.25, 0.3) is 5.56 Å². The average Bonchev–Trinajstić information content (AvgIpc) is 2.88. The number of methoxy groups -OCH3 is 1. The summed E-state index contributed by atoms with van der Waals surface area (Å²) in [6.07, 6.45) is 1.55. The predicted molar refractivity (Wildman–Crippen MR) is 77.7 cm³/mol. The van der Waals surface area contributed by atoms with Crippen LogP contribution < -0.4 is 16.0 Å². The maximum atomic E-state index is 12.2. The Balaban J connectivity index is 2.06. The zero-order chi connectivity index (χ0) is 15.0. The highest BCUT2D eigenvalue weighted by molar-refractivity contribution is 5.69. The lowest BCUT2D eigenvalue weighted by Crippen LogP contribution is -2.33. The van der Waals surface area contributed by atoms with Crippen molar-refractivity contribution in [1.29, 1.82) is 0 Å².